The van der Waals surface area contributed by atoms with Crippen molar-refractivity contribution in [3.63, 3.8) is 0 Å². The van der Waals surface area contributed by atoms with Gasteiger partial charge in [-0.3, -0.25) is 14.5 Å². The molecule has 1 aliphatic rings. The first-order valence-electron chi connectivity index (χ1n) is 11.0. The summed E-state index contributed by atoms with van der Waals surface area (Å²) in [4.78, 5) is 27.0. The van der Waals surface area contributed by atoms with E-state index in [9.17, 15) is 9.59 Å². The molecule has 4 aromatic carbocycles. The molecule has 0 unspecified atom stereocenters. The second-order valence-electron chi connectivity index (χ2n) is 8.12. The van der Waals surface area contributed by atoms with E-state index in [1.54, 1.807) is 24.3 Å². The molecule has 4 nitrogen and oxygen atoms in total. The Morgan fingerprint density at radius 1 is 0.917 bits per heavy atom. The maximum Gasteiger partial charge on any atom is 0.293 e. The normalized spacial score (nSPS) is 14.8. The fourth-order valence-electron chi connectivity index (χ4n) is 3.91. The summed E-state index contributed by atoms with van der Waals surface area (Å²) in [6.45, 7) is 0.508. The molecule has 180 valence electrons. The lowest BCUT2D eigenvalue weighted by Crippen LogP contribution is -2.27. The van der Waals surface area contributed by atoms with Gasteiger partial charge in [0.05, 0.1) is 15.9 Å². The lowest BCUT2D eigenvalue weighted by molar-refractivity contribution is -0.123. The molecule has 1 heterocycles. The summed E-state index contributed by atoms with van der Waals surface area (Å²) >= 11 is 16.6. The first-order valence-corrected chi connectivity index (χ1v) is 13.3. The van der Waals surface area contributed by atoms with Gasteiger partial charge in [-0.05, 0) is 85.5 Å². The summed E-state index contributed by atoms with van der Waals surface area (Å²) in [7, 11) is 0. The maximum absolute atomic E-state index is 12.9. The van der Waals surface area contributed by atoms with Crippen LogP contribution in [0.2, 0.25) is 10.0 Å². The molecular weight excluding hydrogens is 581 g/mol. The molecule has 0 N–H and O–H groups in total. The number of carbonyl (C=O) groups excluding carboxylic acids is 2. The smallest absolute Gasteiger partial charge is 0.293 e. The fourth-order valence-corrected chi connectivity index (χ4v) is 5.72. The van der Waals surface area contributed by atoms with E-state index in [2.05, 4.69) is 40.2 Å². The third-order valence-corrected chi connectivity index (χ3v) is 7.85. The van der Waals surface area contributed by atoms with Gasteiger partial charge in [-0.25, -0.2) is 0 Å². The largest absolute Gasteiger partial charge is 0.488 e. The van der Waals surface area contributed by atoms with Crippen molar-refractivity contribution >= 4 is 78.9 Å². The molecule has 36 heavy (non-hydrogen) atoms. The van der Waals surface area contributed by atoms with Crippen LogP contribution in [0.1, 0.15) is 16.7 Å². The molecule has 0 aliphatic carbocycles. The summed E-state index contributed by atoms with van der Waals surface area (Å²) in [6.07, 6.45) is 1.70. The number of halogens is 3. The van der Waals surface area contributed by atoms with E-state index < -0.39 is 0 Å². The first-order chi connectivity index (χ1) is 17.4. The van der Waals surface area contributed by atoms with Gasteiger partial charge in [-0.15, -0.1) is 0 Å². The van der Waals surface area contributed by atoms with E-state index in [1.807, 2.05) is 36.4 Å². The molecule has 0 saturated carbocycles. The SMILES string of the molecule is O=C1S/C(=C\c2ccc(OCc3cccc4ccccc34)c(Br)c2)C(=O)N1Cc1ccc(Cl)cc1Cl. The predicted molar refractivity (Wildman–Crippen MR) is 150 cm³/mol. The Labute approximate surface area is 231 Å². The van der Waals surface area contributed by atoms with Crippen LogP contribution in [0.3, 0.4) is 0 Å². The minimum Gasteiger partial charge on any atom is -0.488 e. The van der Waals surface area contributed by atoms with Crippen molar-refractivity contribution in [3.8, 4) is 5.75 Å². The summed E-state index contributed by atoms with van der Waals surface area (Å²) < 4.78 is 6.83. The Morgan fingerprint density at radius 2 is 1.72 bits per heavy atom. The van der Waals surface area contributed by atoms with Gasteiger partial charge in [-0.2, -0.15) is 0 Å². The zero-order chi connectivity index (χ0) is 25.2. The summed E-state index contributed by atoms with van der Waals surface area (Å²) in [5.41, 5.74) is 2.52. The lowest BCUT2D eigenvalue weighted by atomic mass is 10.1. The average Bonchev–Trinajstić information content (AvgIpc) is 3.12. The van der Waals surface area contributed by atoms with E-state index in [-0.39, 0.29) is 17.7 Å². The average molecular weight is 599 g/mol. The number of nitrogens with zero attached hydrogens (tertiary/aromatic N) is 1. The maximum atomic E-state index is 12.9. The molecular formula is C28H18BrCl2NO3S. The van der Waals surface area contributed by atoms with Crippen molar-refractivity contribution < 1.29 is 14.3 Å². The summed E-state index contributed by atoms with van der Waals surface area (Å²) in [6, 6.07) is 24.9. The molecule has 1 saturated heterocycles. The Kier molecular flexibility index (Phi) is 7.39. The highest BCUT2D eigenvalue weighted by Gasteiger charge is 2.35. The molecule has 8 heteroatoms. The van der Waals surface area contributed by atoms with E-state index in [0.717, 1.165) is 32.7 Å². The summed E-state index contributed by atoms with van der Waals surface area (Å²) in [5.74, 6) is 0.328. The van der Waals surface area contributed by atoms with Gasteiger partial charge >= 0.3 is 0 Å². The number of thioether (sulfide) groups is 1. The third-order valence-electron chi connectivity index (χ3n) is 5.73. The van der Waals surface area contributed by atoms with Crippen LogP contribution in [0.25, 0.3) is 16.8 Å². The topological polar surface area (TPSA) is 46.6 Å². The molecule has 1 fully saturated rings. The van der Waals surface area contributed by atoms with Crippen LogP contribution in [-0.2, 0) is 17.9 Å². The molecule has 0 spiro atoms. The van der Waals surface area contributed by atoms with Crippen LogP contribution in [0.15, 0.2) is 88.2 Å². The minimum absolute atomic E-state index is 0.0860. The van der Waals surface area contributed by atoms with Crippen LogP contribution in [0.4, 0.5) is 4.79 Å². The molecule has 2 amide bonds. The summed E-state index contributed by atoms with van der Waals surface area (Å²) in [5, 5.41) is 2.89. The molecule has 0 aromatic heterocycles. The van der Waals surface area contributed by atoms with Crippen molar-refractivity contribution in [2.45, 2.75) is 13.2 Å². The number of ether oxygens (including phenoxy) is 1. The number of hydrogen-bond donors (Lipinski definition) is 0. The van der Waals surface area contributed by atoms with Crippen molar-refractivity contribution in [2.75, 3.05) is 0 Å². The van der Waals surface area contributed by atoms with Crippen molar-refractivity contribution in [2.24, 2.45) is 0 Å². The van der Waals surface area contributed by atoms with E-state index in [1.165, 1.54) is 10.3 Å². The highest BCUT2D eigenvalue weighted by atomic mass is 79.9. The van der Waals surface area contributed by atoms with E-state index in [4.69, 9.17) is 27.9 Å². The quantitative estimate of drug-likeness (QED) is 0.208. The number of amides is 2. The lowest BCUT2D eigenvalue weighted by Gasteiger charge is -2.13. The highest BCUT2D eigenvalue weighted by molar-refractivity contribution is 9.10. The van der Waals surface area contributed by atoms with Crippen LogP contribution < -0.4 is 4.74 Å². The standard InChI is InChI=1S/C28H18BrCl2NO3S/c29-23-12-17(8-11-25(23)35-16-20-6-3-5-18-4-1-2-7-22(18)20)13-26-27(33)32(28(34)36-26)15-19-9-10-21(30)14-24(19)31/h1-14H,15-16H2/b26-13-. The van der Waals surface area contributed by atoms with Gasteiger partial charge in [0.25, 0.3) is 11.1 Å². The monoisotopic (exact) mass is 597 g/mol. The zero-order valence-electron chi connectivity index (χ0n) is 18.7. The molecule has 0 radical (unpaired) electrons. The minimum atomic E-state index is -0.358. The Hall–Kier alpha value is -2.77. The molecule has 0 atom stereocenters. The van der Waals surface area contributed by atoms with E-state index in [0.29, 0.717) is 32.9 Å². The van der Waals surface area contributed by atoms with Gasteiger partial charge < -0.3 is 4.74 Å². The second kappa shape index (κ2) is 10.7. The second-order valence-corrected chi connectivity index (χ2v) is 10.8. The fraction of sp³-hybridized carbons (Fsp3) is 0.0714. The van der Waals surface area contributed by atoms with Gasteiger partial charge in [0.1, 0.15) is 12.4 Å². The number of carbonyl (C=O) groups is 2. The van der Waals surface area contributed by atoms with Crippen LogP contribution in [0.5, 0.6) is 5.75 Å². The van der Waals surface area contributed by atoms with Gasteiger partial charge in [0.15, 0.2) is 0 Å². The van der Waals surface area contributed by atoms with Crippen molar-refractivity contribution in [1.29, 1.82) is 0 Å². The van der Waals surface area contributed by atoms with Gasteiger partial charge in [0.2, 0.25) is 0 Å². The molecule has 4 aromatic rings. The molecule has 1 aliphatic heterocycles. The highest BCUT2D eigenvalue weighted by Crippen LogP contribution is 2.36. The molecule has 5 rings (SSSR count). The van der Waals surface area contributed by atoms with Crippen LogP contribution >= 0.6 is 50.9 Å². The molecule has 0 bridgehead atoms. The Morgan fingerprint density at radius 3 is 2.53 bits per heavy atom. The van der Waals surface area contributed by atoms with Crippen LogP contribution in [-0.4, -0.2) is 16.0 Å². The number of fused-ring (bicyclic) bond motifs is 1. The predicted octanol–water partition coefficient (Wildman–Crippen LogP) is 8.72. The number of hydrogen-bond acceptors (Lipinski definition) is 4. The van der Waals surface area contributed by atoms with Gasteiger partial charge in [0, 0.05) is 10.0 Å². The zero-order valence-corrected chi connectivity index (χ0v) is 22.6. The number of rotatable bonds is 6. The number of imide groups is 1. The van der Waals surface area contributed by atoms with E-state index >= 15 is 0 Å². The van der Waals surface area contributed by atoms with Crippen molar-refractivity contribution in [3.05, 3.63) is 115 Å². The van der Waals surface area contributed by atoms with Crippen molar-refractivity contribution in [1.82, 2.24) is 4.90 Å². The Bertz CT molecular complexity index is 1530. The Balaban J connectivity index is 1.30. The number of benzene rings is 4. The van der Waals surface area contributed by atoms with Crippen LogP contribution in [0, 0.1) is 0 Å². The van der Waals surface area contributed by atoms with Gasteiger partial charge in [-0.1, -0.05) is 77.8 Å². The third kappa shape index (κ3) is 5.32. The first kappa shape index (κ1) is 24.9.